The van der Waals surface area contributed by atoms with Crippen LogP contribution in [-0.4, -0.2) is 37.7 Å². The van der Waals surface area contributed by atoms with Gasteiger partial charge in [-0.25, -0.2) is 4.39 Å². The number of hydrogen-bond acceptors (Lipinski definition) is 4. The summed E-state index contributed by atoms with van der Waals surface area (Å²) >= 11 is 0. The lowest BCUT2D eigenvalue weighted by molar-refractivity contribution is 0.253. The summed E-state index contributed by atoms with van der Waals surface area (Å²) in [6.07, 6.45) is 2.62. The van der Waals surface area contributed by atoms with Gasteiger partial charge in [0.05, 0.1) is 7.11 Å². The lowest BCUT2D eigenvalue weighted by Crippen LogP contribution is -2.39. The average molecular weight is 370 g/mol. The highest BCUT2D eigenvalue weighted by Crippen LogP contribution is 2.30. The van der Waals surface area contributed by atoms with Crippen LogP contribution in [0, 0.1) is 11.7 Å². The molecule has 0 saturated carbocycles. The molecular weight excluding hydrogens is 343 g/mol. The molecule has 3 aliphatic heterocycles. The Bertz CT molecular complexity index is 743. The third kappa shape index (κ3) is 4.60. The zero-order valence-electron chi connectivity index (χ0n) is 15.8. The van der Waals surface area contributed by atoms with Gasteiger partial charge in [-0.3, -0.25) is 4.90 Å². The van der Waals surface area contributed by atoms with Crippen LogP contribution in [0.15, 0.2) is 42.5 Å². The molecule has 3 aliphatic rings. The Morgan fingerprint density at radius 3 is 2.59 bits per heavy atom. The number of methoxy groups -OCH3 is 1. The van der Waals surface area contributed by atoms with Crippen molar-refractivity contribution < 1.29 is 13.9 Å². The summed E-state index contributed by atoms with van der Waals surface area (Å²) in [7, 11) is 1.65. The fourth-order valence-corrected chi connectivity index (χ4v) is 4.10. The second kappa shape index (κ2) is 8.28. The molecule has 1 N–H and O–H groups in total. The van der Waals surface area contributed by atoms with Crippen LogP contribution in [0.1, 0.15) is 24.0 Å². The first-order valence-corrected chi connectivity index (χ1v) is 9.69. The van der Waals surface area contributed by atoms with Crippen molar-refractivity contribution in [2.75, 3.05) is 26.7 Å². The number of rotatable bonds is 6. The van der Waals surface area contributed by atoms with E-state index in [1.165, 1.54) is 30.5 Å². The zero-order chi connectivity index (χ0) is 18.6. The number of hydrogen-bond donors (Lipinski definition) is 1. The number of benzene rings is 2. The second-order valence-electron chi connectivity index (χ2n) is 7.64. The fraction of sp³-hybridized carbons (Fsp3) is 0.455. The van der Waals surface area contributed by atoms with E-state index in [0.29, 0.717) is 12.6 Å². The van der Waals surface area contributed by atoms with Crippen LogP contribution >= 0.6 is 0 Å². The maximum atomic E-state index is 13.1. The Kier molecular flexibility index (Phi) is 5.60. The molecule has 0 amide bonds. The molecule has 144 valence electrons. The summed E-state index contributed by atoms with van der Waals surface area (Å²) < 4.78 is 24.5. The Morgan fingerprint density at radius 1 is 1.04 bits per heavy atom. The molecule has 3 fully saturated rings. The molecule has 2 bridgehead atoms. The summed E-state index contributed by atoms with van der Waals surface area (Å²) in [5.74, 6) is 1.98. The van der Waals surface area contributed by atoms with Crippen LogP contribution in [0.25, 0.3) is 0 Å². The van der Waals surface area contributed by atoms with Gasteiger partial charge in [-0.05, 0) is 60.7 Å². The maximum Gasteiger partial charge on any atom is 0.161 e. The number of nitrogens with zero attached hydrogens (tertiary/aromatic N) is 1. The Labute approximate surface area is 160 Å². The van der Waals surface area contributed by atoms with Gasteiger partial charge in [0.25, 0.3) is 0 Å². The molecule has 2 atom stereocenters. The maximum absolute atomic E-state index is 13.1. The molecule has 0 aliphatic carbocycles. The number of piperidine rings is 1. The third-order valence-corrected chi connectivity index (χ3v) is 5.56. The van der Waals surface area contributed by atoms with Gasteiger partial charge < -0.3 is 14.8 Å². The molecule has 0 spiro atoms. The Hall–Kier alpha value is -2.11. The third-order valence-electron chi connectivity index (χ3n) is 5.56. The predicted molar refractivity (Wildman–Crippen MR) is 104 cm³/mol. The van der Waals surface area contributed by atoms with E-state index in [2.05, 4.69) is 22.3 Å². The van der Waals surface area contributed by atoms with Crippen molar-refractivity contribution in [1.82, 2.24) is 10.2 Å². The standard InChI is InChI=1S/C22H27FN2O2/c1-26-21-9-5-17(12-25-13-18-4-8-20(14-25)24-11-18)10-22(21)27-15-16-2-6-19(23)7-3-16/h2-3,5-7,9-10,18,20,24H,4,8,11-15H2,1H3/t18-,20-/m0/s1. The monoisotopic (exact) mass is 370 g/mol. The molecule has 0 unspecified atom stereocenters. The highest BCUT2D eigenvalue weighted by molar-refractivity contribution is 5.43. The van der Waals surface area contributed by atoms with Gasteiger partial charge in [0.2, 0.25) is 0 Å². The first-order chi connectivity index (χ1) is 13.2. The summed E-state index contributed by atoms with van der Waals surface area (Å²) in [6.45, 7) is 4.72. The van der Waals surface area contributed by atoms with Gasteiger partial charge in [-0.1, -0.05) is 18.2 Å². The SMILES string of the molecule is COc1ccc(CN2C[C@H]3CC[C@@H](C2)NC3)cc1OCc1ccc(F)cc1. The minimum atomic E-state index is -0.237. The second-order valence-corrected chi connectivity index (χ2v) is 7.64. The average Bonchev–Trinajstić information content (AvgIpc) is 3.00. The van der Waals surface area contributed by atoms with Crippen LogP contribution in [0.3, 0.4) is 0 Å². The van der Waals surface area contributed by atoms with Crippen molar-refractivity contribution >= 4 is 0 Å². The number of nitrogens with one attached hydrogen (secondary N) is 1. The Balaban J connectivity index is 1.44. The normalized spacial score (nSPS) is 22.4. The van der Waals surface area contributed by atoms with Gasteiger partial charge in [0, 0.05) is 25.7 Å². The van der Waals surface area contributed by atoms with Gasteiger partial charge >= 0.3 is 0 Å². The minimum Gasteiger partial charge on any atom is -0.493 e. The summed E-state index contributed by atoms with van der Waals surface area (Å²) in [5, 5.41) is 3.66. The van der Waals surface area contributed by atoms with Gasteiger partial charge in [-0.15, -0.1) is 0 Å². The van der Waals surface area contributed by atoms with Crippen molar-refractivity contribution in [3.63, 3.8) is 0 Å². The lowest BCUT2D eigenvalue weighted by Gasteiger charge is -2.23. The topological polar surface area (TPSA) is 33.7 Å². The first kappa shape index (κ1) is 18.3. The summed E-state index contributed by atoms with van der Waals surface area (Å²) in [4.78, 5) is 2.55. The van der Waals surface area contributed by atoms with Gasteiger partial charge in [0.15, 0.2) is 11.5 Å². The van der Waals surface area contributed by atoms with Crippen LogP contribution in [0.2, 0.25) is 0 Å². The van der Waals surface area contributed by atoms with E-state index in [1.807, 2.05) is 6.07 Å². The molecule has 3 saturated heterocycles. The minimum absolute atomic E-state index is 0.237. The van der Waals surface area contributed by atoms with Crippen molar-refractivity contribution in [2.45, 2.75) is 32.0 Å². The van der Waals surface area contributed by atoms with E-state index < -0.39 is 0 Å². The molecule has 3 heterocycles. The van der Waals surface area contributed by atoms with E-state index in [1.54, 1.807) is 19.2 Å². The van der Waals surface area contributed by atoms with E-state index >= 15 is 0 Å². The van der Waals surface area contributed by atoms with Crippen LogP contribution in [0.4, 0.5) is 4.39 Å². The van der Waals surface area contributed by atoms with E-state index in [0.717, 1.165) is 49.2 Å². The first-order valence-electron chi connectivity index (χ1n) is 9.69. The highest BCUT2D eigenvalue weighted by atomic mass is 19.1. The lowest BCUT2D eigenvalue weighted by atomic mass is 9.97. The Morgan fingerprint density at radius 2 is 1.85 bits per heavy atom. The van der Waals surface area contributed by atoms with Crippen molar-refractivity contribution in [2.24, 2.45) is 5.92 Å². The van der Waals surface area contributed by atoms with Gasteiger partial charge in [0.1, 0.15) is 12.4 Å². The number of fused-ring (bicyclic) bond motifs is 4. The molecule has 5 heteroatoms. The van der Waals surface area contributed by atoms with Crippen molar-refractivity contribution in [3.8, 4) is 11.5 Å². The number of ether oxygens (including phenoxy) is 2. The summed E-state index contributed by atoms with van der Waals surface area (Å²) in [5.41, 5.74) is 2.16. The zero-order valence-corrected chi connectivity index (χ0v) is 15.8. The van der Waals surface area contributed by atoms with Crippen molar-refractivity contribution in [1.29, 1.82) is 0 Å². The molecule has 4 nitrogen and oxygen atoms in total. The molecule has 0 radical (unpaired) electrons. The van der Waals surface area contributed by atoms with E-state index in [4.69, 9.17) is 9.47 Å². The van der Waals surface area contributed by atoms with Gasteiger partial charge in [-0.2, -0.15) is 0 Å². The highest BCUT2D eigenvalue weighted by Gasteiger charge is 2.28. The fourth-order valence-electron chi connectivity index (χ4n) is 4.10. The smallest absolute Gasteiger partial charge is 0.161 e. The molecule has 5 rings (SSSR count). The molecule has 2 aromatic carbocycles. The summed E-state index contributed by atoms with van der Waals surface area (Å²) in [6, 6.07) is 13.2. The largest absolute Gasteiger partial charge is 0.493 e. The van der Waals surface area contributed by atoms with Crippen LogP contribution in [0.5, 0.6) is 11.5 Å². The van der Waals surface area contributed by atoms with Crippen LogP contribution < -0.4 is 14.8 Å². The molecular formula is C22H27FN2O2. The molecule has 2 aromatic rings. The van der Waals surface area contributed by atoms with E-state index in [9.17, 15) is 4.39 Å². The van der Waals surface area contributed by atoms with Crippen LogP contribution in [-0.2, 0) is 13.2 Å². The molecule has 27 heavy (non-hydrogen) atoms. The molecule has 0 aromatic heterocycles. The van der Waals surface area contributed by atoms with E-state index in [-0.39, 0.29) is 5.82 Å². The number of halogens is 1. The quantitative estimate of drug-likeness (QED) is 0.843. The predicted octanol–water partition coefficient (Wildman–Crippen LogP) is 3.60. The van der Waals surface area contributed by atoms with Crippen molar-refractivity contribution in [3.05, 3.63) is 59.4 Å².